The van der Waals surface area contributed by atoms with E-state index in [0.717, 1.165) is 0 Å². The second-order valence-corrected chi connectivity index (χ2v) is 4.89. The van der Waals surface area contributed by atoms with E-state index in [1.165, 1.54) is 18.2 Å². The van der Waals surface area contributed by atoms with Crippen LogP contribution in [0.25, 0.3) is 0 Å². The number of hydrogen-bond donors (Lipinski definition) is 0. The van der Waals surface area contributed by atoms with Crippen molar-refractivity contribution >= 4 is 33.5 Å². The first-order valence-corrected chi connectivity index (χ1v) is 6.45. The Morgan fingerprint density at radius 1 is 1.26 bits per heavy atom. The minimum Gasteiger partial charge on any atom is -0.421 e. The molecule has 0 aliphatic rings. The predicted molar refractivity (Wildman–Crippen MR) is 75.3 cm³/mol. The van der Waals surface area contributed by atoms with Crippen LogP contribution in [-0.2, 0) is 0 Å². The molecule has 0 atom stereocenters. The molecule has 0 radical (unpaired) electrons. The predicted octanol–water partition coefficient (Wildman–Crippen LogP) is 4.19. The fourth-order valence-corrected chi connectivity index (χ4v) is 2.10. The monoisotopic (exact) mass is 335 g/mol. The van der Waals surface area contributed by atoms with Gasteiger partial charge in [0.05, 0.1) is 22.2 Å². The minimum atomic E-state index is -0.515. The summed E-state index contributed by atoms with van der Waals surface area (Å²) in [7, 11) is 0. The largest absolute Gasteiger partial charge is 0.421 e. The average molecular weight is 337 g/mol. The van der Waals surface area contributed by atoms with E-state index >= 15 is 0 Å². The first kappa shape index (κ1) is 13.6. The van der Waals surface area contributed by atoms with Crippen LogP contribution in [0, 0.1) is 11.3 Å². The molecule has 0 unspecified atom stereocenters. The number of benzene rings is 2. The lowest BCUT2D eigenvalue weighted by Gasteiger charge is -2.07. The quantitative estimate of drug-likeness (QED) is 0.610. The molecule has 0 aliphatic heterocycles. The topological polar surface area (TPSA) is 50.1 Å². The van der Waals surface area contributed by atoms with Gasteiger partial charge in [-0.25, -0.2) is 4.79 Å². The summed E-state index contributed by atoms with van der Waals surface area (Å²) in [6, 6.07) is 13.4. The maximum absolute atomic E-state index is 12.0. The summed E-state index contributed by atoms with van der Waals surface area (Å²) in [5.74, 6) is -0.291. The van der Waals surface area contributed by atoms with Crippen molar-refractivity contribution in [3.05, 3.63) is 63.1 Å². The second-order valence-electron chi connectivity index (χ2n) is 3.63. The molecule has 0 amide bonds. The molecule has 19 heavy (non-hydrogen) atoms. The SMILES string of the molecule is N#Cc1ccc(OC(=O)c2ccccc2Br)c(Cl)c1. The van der Waals surface area contributed by atoms with Crippen molar-refractivity contribution in [3.63, 3.8) is 0 Å². The number of nitriles is 1. The third-order valence-electron chi connectivity index (χ3n) is 2.36. The number of esters is 1. The van der Waals surface area contributed by atoms with Crippen LogP contribution >= 0.6 is 27.5 Å². The van der Waals surface area contributed by atoms with E-state index in [0.29, 0.717) is 15.6 Å². The smallest absolute Gasteiger partial charge is 0.344 e. The summed E-state index contributed by atoms with van der Waals surface area (Å²) in [5, 5.41) is 8.95. The van der Waals surface area contributed by atoms with Gasteiger partial charge in [0.2, 0.25) is 0 Å². The number of nitrogens with zero attached hydrogens (tertiary/aromatic N) is 1. The van der Waals surface area contributed by atoms with Gasteiger partial charge in [-0.15, -0.1) is 0 Å². The van der Waals surface area contributed by atoms with Crippen molar-refractivity contribution in [3.8, 4) is 11.8 Å². The lowest BCUT2D eigenvalue weighted by atomic mass is 10.2. The van der Waals surface area contributed by atoms with Crippen LogP contribution in [0.2, 0.25) is 5.02 Å². The zero-order valence-corrected chi connectivity index (χ0v) is 11.9. The van der Waals surface area contributed by atoms with Gasteiger partial charge >= 0.3 is 5.97 Å². The highest BCUT2D eigenvalue weighted by Crippen LogP contribution is 2.27. The molecule has 0 saturated heterocycles. The summed E-state index contributed by atoms with van der Waals surface area (Å²) in [6.07, 6.45) is 0. The Kier molecular flexibility index (Phi) is 4.20. The number of carbonyl (C=O) groups is 1. The number of carbonyl (C=O) groups excluding carboxylic acids is 1. The zero-order chi connectivity index (χ0) is 13.8. The fourth-order valence-electron chi connectivity index (χ4n) is 1.43. The first-order valence-electron chi connectivity index (χ1n) is 5.28. The van der Waals surface area contributed by atoms with Crippen LogP contribution < -0.4 is 4.74 Å². The summed E-state index contributed by atoms with van der Waals surface area (Å²) >= 11 is 9.21. The lowest BCUT2D eigenvalue weighted by Crippen LogP contribution is -2.09. The molecule has 0 spiro atoms. The van der Waals surface area contributed by atoms with Gasteiger partial charge in [-0.2, -0.15) is 5.26 Å². The van der Waals surface area contributed by atoms with E-state index < -0.39 is 5.97 Å². The van der Waals surface area contributed by atoms with E-state index in [-0.39, 0.29) is 10.8 Å². The second kappa shape index (κ2) is 5.87. The van der Waals surface area contributed by atoms with Gasteiger partial charge in [-0.1, -0.05) is 23.7 Å². The van der Waals surface area contributed by atoms with Gasteiger partial charge in [0.1, 0.15) is 5.75 Å². The summed E-state index contributed by atoms with van der Waals surface area (Å²) in [6.45, 7) is 0. The Bertz CT molecular complexity index is 679. The average Bonchev–Trinajstić information content (AvgIpc) is 2.41. The Labute approximate surface area is 123 Å². The molecule has 2 aromatic rings. The molecule has 5 heteroatoms. The number of hydrogen-bond acceptors (Lipinski definition) is 3. The van der Waals surface area contributed by atoms with Crippen molar-refractivity contribution in [2.24, 2.45) is 0 Å². The van der Waals surface area contributed by atoms with Crippen molar-refractivity contribution in [2.45, 2.75) is 0 Å². The zero-order valence-electron chi connectivity index (χ0n) is 9.56. The van der Waals surface area contributed by atoms with Gasteiger partial charge in [0.15, 0.2) is 0 Å². The van der Waals surface area contributed by atoms with E-state index in [4.69, 9.17) is 21.6 Å². The highest BCUT2D eigenvalue weighted by molar-refractivity contribution is 9.10. The lowest BCUT2D eigenvalue weighted by molar-refractivity contribution is 0.0734. The Balaban J connectivity index is 2.25. The molecule has 0 N–H and O–H groups in total. The minimum absolute atomic E-state index is 0.222. The molecule has 0 fully saturated rings. The molecule has 2 aromatic carbocycles. The Morgan fingerprint density at radius 3 is 2.63 bits per heavy atom. The van der Waals surface area contributed by atoms with E-state index in [1.54, 1.807) is 24.3 Å². The summed E-state index contributed by atoms with van der Waals surface area (Å²) in [5.41, 5.74) is 0.814. The summed E-state index contributed by atoms with van der Waals surface area (Å²) < 4.78 is 5.84. The van der Waals surface area contributed by atoms with Gasteiger partial charge in [0.25, 0.3) is 0 Å². The molecule has 0 saturated carbocycles. The standard InChI is InChI=1S/C14H7BrClNO2/c15-11-4-2-1-3-10(11)14(18)19-13-6-5-9(8-17)7-12(13)16/h1-7H. The van der Waals surface area contributed by atoms with Crippen LogP contribution in [0.5, 0.6) is 5.75 Å². The molecule has 0 heterocycles. The van der Waals surface area contributed by atoms with Crippen LogP contribution in [-0.4, -0.2) is 5.97 Å². The van der Waals surface area contributed by atoms with E-state index in [2.05, 4.69) is 15.9 Å². The number of ether oxygens (including phenoxy) is 1. The molecule has 0 bridgehead atoms. The van der Waals surface area contributed by atoms with Gasteiger partial charge in [0, 0.05) is 4.47 Å². The Hall–Kier alpha value is -1.83. The van der Waals surface area contributed by atoms with Gasteiger partial charge in [-0.3, -0.25) is 0 Å². The van der Waals surface area contributed by atoms with Crippen molar-refractivity contribution in [1.29, 1.82) is 5.26 Å². The molecule has 94 valence electrons. The molecule has 0 aromatic heterocycles. The third-order valence-corrected chi connectivity index (χ3v) is 3.34. The van der Waals surface area contributed by atoms with Crippen molar-refractivity contribution < 1.29 is 9.53 Å². The van der Waals surface area contributed by atoms with Crippen LogP contribution in [0.1, 0.15) is 15.9 Å². The van der Waals surface area contributed by atoms with E-state index in [1.807, 2.05) is 6.07 Å². The highest BCUT2D eigenvalue weighted by atomic mass is 79.9. The first-order chi connectivity index (χ1) is 9.11. The fraction of sp³-hybridized carbons (Fsp3) is 0. The van der Waals surface area contributed by atoms with Crippen LogP contribution in [0.3, 0.4) is 0 Å². The van der Waals surface area contributed by atoms with Crippen LogP contribution in [0.15, 0.2) is 46.9 Å². The van der Waals surface area contributed by atoms with Gasteiger partial charge in [-0.05, 0) is 46.3 Å². The normalized spacial score (nSPS) is 9.74. The maximum atomic E-state index is 12.0. The van der Waals surface area contributed by atoms with Crippen LogP contribution in [0.4, 0.5) is 0 Å². The number of rotatable bonds is 2. The van der Waals surface area contributed by atoms with E-state index in [9.17, 15) is 4.79 Å². The molecule has 2 rings (SSSR count). The van der Waals surface area contributed by atoms with Crippen molar-refractivity contribution in [1.82, 2.24) is 0 Å². The molecular formula is C14H7BrClNO2. The molecular weight excluding hydrogens is 330 g/mol. The molecule has 3 nitrogen and oxygen atoms in total. The number of halogens is 2. The highest BCUT2D eigenvalue weighted by Gasteiger charge is 2.13. The Morgan fingerprint density at radius 2 is 2.00 bits per heavy atom. The van der Waals surface area contributed by atoms with Crippen molar-refractivity contribution in [2.75, 3.05) is 0 Å². The third kappa shape index (κ3) is 3.14. The molecule has 0 aliphatic carbocycles. The summed E-state index contributed by atoms with van der Waals surface area (Å²) in [4.78, 5) is 12.0. The van der Waals surface area contributed by atoms with Gasteiger partial charge < -0.3 is 4.74 Å². The maximum Gasteiger partial charge on any atom is 0.344 e.